The molecule has 0 radical (unpaired) electrons. The van der Waals surface area contributed by atoms with E-state index in [1.165, 1.54) is 70.6 Å². The molecule has 0 saturated heterocycles. The summed E-state index contributed by atoms with van der Waals surface area (Å²) in [4.78, 5) is 11.2. The van der Waals surface area contributed by atoms with E-state index in [9.17, 15) is 0 Å². The minimum atomic E-state index is 0.863. The molecule has 4 nitrogen and oxygen atoms in total. The van der Waals surface area contributed by atoms with Crippen molar-refractivity contribution in [3.63, 3.8) is 0 Å². The monoisotopic (exact) mass is 820 g/mol. The molecule has 4 heterocycles. The molecule has 0 unspecified atom stereocenters. The zero-order valence-electron chi connectivity index (χ0n) is 34.0. The minimum absolute atomic E-state index is 0.863. The molecule has 4 aromatic heterocycles. The van der Waals surface area contributed by atoms with E-state index in [1.54, 1.807) is 11.3 Å². The molecule has 9 aromatic carbocycles. The Labute approximate surface area is 367 Å². The van der Waals surface area contributed by atoms with Crippen LogP contribution in [0.25, 0.3) is 120 Å². The van der Waals surface area contributed by atoms with E-state index in [4.69, 9.17) is 9.97 Å². The Hall–Kier alpha value is -8.12. The lowest BCUT2D eigenvalue weighted by atomic mass is 9.97. The van der Waals surface area contributed by atoms with Crippen LogP contribution in [0, 0.1) is 0 Å². The van der Waals surface area contributed by atoms with Crippen LogP contribution in [0.2, 0.25) is 0 Å². The fourth-order valence-electron chi connectivity index (χ4n) is 9.61. The van der Waals surface area contributed by atoms with Crippen LogP contribution in [-0.4, -0.2) is 19.1 Å². The van der Waals surface area contributed by atoms with Gasteiger partial charge in [0.15, 0.2) is 0 Å². The molecule has 0 bridgehead atoms. The number of fused-ring (bicyclic) bond motifs is 9. The second-order valence-corrected chi connectivity index (χ2v) is 17.3. The van der Waals surface area contributed by atoms with Gasteiger partial charge in [0, 0.05) is 48.6 Å². The van der Waals surface area contributed by atoms with Gasteiger partial charge in [-0.05, 0) is 118 Å². The van der Waals surface area contributed by atoms with Gasteiger partial charge in [0.25, 0.3) is 0 Å². The maximum atomic E-state index is 5.32. The lowest BCUT2D eigenvalue weighted by molar-refractivity contribution is 1.18. The van der Waals surface area contributed by atoms with E-state index in [2.05, 4.69) is 221 Å². The second-order valence-electron chi connectivity index (χ2n) is 16.2. The second kappa shape index (κ2) is 14.2. The van der Waals surface area contributed by atoms with Gasteiger partial charge in [-0.25, -0.2) is 9.97 Å². The first-order valence-corrected chi connectivity index (χ1v) is 22.1. The van der Waals surface area contributed by atoms with Crippen molar-refractivity contribution in [1.82, 2.24) is 19.1 Å². The third-order valence-corrected chi connectivity index (χ3v) is 13.6. The van der Waals surface area contributed by atoms with Crippen LogP contribution in [0.3, 0.4) is 0 Å². The van der Waals surface area contributed by atoms with Crippen molar-refractivity contribution in [3.05, 3.63) is 219 Å². The molecule has 0 amide bonds. The number of aromatic nitrogens is 4. The third kappa shape index (κ3) is 5.82. The summed E-state index contributed by atoms with van der Waals surface area (Å²) in [6.07, 6.45) is 1.92. The summed E-state index contributed by atoms with van der Waals surface area (Å²) in [7, 11) is 0. The van der Waals surface area contributed by atoms with Gasteiger partial charge in [0.1, 0.15) is 10.3 Å². The average molecular weight is 821 g/mol. The van der Waals surface area contributed by atoms with E-state index in [1.807, 2.05) is 6.20 Å². The summed E-state index contributed by atoms with van der Waals surface area (Å²) >= 11 is 1.70. The first-order valence-electron chi connectivity index (χ1n) is 21.3. The molecular formula is C58H36N4S. The number of nitrogens with zero attached hydrogens (tertiary/aromatic N) is 4. The van der Waals surface area contributed by atoms with Gasteiger partial charge >= 0.3 is 0 Å². The number of benzene rings is 9. The van der Waals surface area contributed by atoms with E-state index < -0.39 is 0 Å². The first kappa shape index (κ1) is 35.6. The van der Waals surface area contributed by atoms with Crippen molar-refractivity contribution < 1.29 is 0 Å². The zero-order valence-corrected chi connectivity index (χ0v) is 34.8. The molecule has 0 saturated carbocycles. The Balaban J connectivity index is 0.857. The van der Waals surface area contributed by atoms with Crippen molar-refractivity contribution in [2.75, 3.05) is 0 Å². The predicted octanol–water partition coefficient (Wildman–Crippen LogP) is 15.7. The molecule has 13 aromatic rings. The van der Waals surface area contributed by atoms with Crippen LogP contribution in [0.4, 0.5) is 0 Å². The Morgan fingerprint density at radius 1 is 0.333 bits per heavy atom. The Morgan fingerprint density at radius 3 is 1.35 bits per heavy atom. The summed E-state index contributed by atoms with van der Waals surface area (Å²) in [5.41, 5.74) is 17.0. The average Bonchev–Trinajstić information content (AvgIpc) is 4.01. The zero-order chi connectivity index (χ0) is 41.4. The first-order chi connectivity index (χ1) is 31.2. The van der Waals surface area contributed by atoms with Crippen LogP contribution in [0.5, 0.6) is 0 Å². The molecule has 0 N–H and O–H groups in total. The van der Waals surface area contributed by atoms with Crippen LogP contribution in [0.1, 0.15) is 0 Å². The lowest BCUT2D eigenvalue weighted by Gasteiger charge is -2.09. The molecule has 0 atom stereocenters. The van der Waals surface area contributed by atoms with Gasteiger partial charge in [-0.1, -0.05) is 127 Å². The Bertz CT molecular complexity index is 3660. The summed E-state index contributed by atoms with van der Waals surface area (Å²) < 4.78 is 5.90. The lowest BCUT2D eigenvalue weighted by Crippen LogP contribution is -1.92. The summed E-state index contributed by atoms with van der Waals surface area (Å²) in [5.74, 6) is 0. The third-order valence-electron chi connectivity index (χ3n) is 12.6. The molecule has 0 fully saturated rings. The molecule has 294 valence electrons. The topological polar surface area (TPSA) is 35.6 Å². The number of para-hydroxylation sites is 4. The molecule has 63 heavy (non-hydrogen) atoms. The number of thiophene rings is 1. The van der Waals surface area contributed by atoms with Crippen molar-refractivity contribution in [3.8, 4) is 56.0 Å². The van der Waals surface area contributed by atoms with Crippen molar-refractivity contribution in [2.24, 2.45) is 0 Å². The highest BCUT2D eigenvalue weighted by Crippen LogP contribution is 2.40. The smallest absolute Gasteiger partial charge is 0.143 e. The Morgan fingerprint density at radius 2 is 0.778 bits per heavy atom. The van der Waals surface area contributed by atoms with E-state index in [0.717, 1.165) is 49.5 Å². The molecule has 0 spiro atoms. The van der Waals surface area contributed by atoms with Gasteiger partial charge in [0.2, 0.25) is 0 Å². The van der Waals surface area contributed by atoms with Gasteiger partial charge < -0.3 is 9.13 Å². The number of rotatable bonds is 6. The number of hydrogen-bond acceptors (Lipinski definition) is 3. The van der Waals surface area contributed by atoms with Gasteiger partial charge in [-0.3, -0.25) is 0 Å². The Kier molecular flexibility index (Phi) is 8.05. The van der Waals surface area contributed by atoms with Crippen LogP contribution < -0.4 is 0 Å². The summed E-state index contributed by atoms with van der Waals surface area (Å²) in [6.45, 7) is 0. The van der Waals surface area contributed by atoms with E-state index in [-0.39, 0.29) is 0 Å². The van der Waals surface area contributed by atoms with Gasteiger partial charge in [-0.15, -0.1) is 11.3 Å². The van der Waals surface area contributed by atoms with Crippen molar-refractivity contribution in [1.29, 1.82) is 0 Å². The summed E-state index contributed by atoms with van der Waals surface area (Å²) in [5, 5.41) is 6.10. The van der Waals surface area contributed by atoms with Gasteiger partial charge in [0.05, 0.1) is 34.0 Å². The molecule has 0 aliphatic carbocycles. The number of hydrogen-bond donors (Lipinski definition) is 0. The maximum Gasteiger partial charge on any atom is 0.143 e. The normalized spacial score (nSPS) is 11.8. The molecule has 0 aliphatic heterocycles. The molecule has 13 rings (SSSR count). The largest absolute Gasteiger partial charge is 0.309 e. The van der Waals surface area contributed by atoms with Crippen LogP contribution in [-0.2, 0) is 0 Å². The molecule has 0 aliphatic rings. The van der Waals surface area contributed by atoms with Gasteiger partial charge in [-0.2, -0.15) is 0 Å². The minimum Gasteiger partial charge on any atom is -0.309 e. The fraction of sp³-hybridized carbons (Fsp3) is 0. The van der Waals surface area contributed by atoms with Crippen molar-refractivity contribution >= 4 is 75.4 Å². The summed E-state index contributed by atoms with van der Waals surface area (Å²) in [6, 6.07) is 76.7. The predicted molar refractivity (Wildman–Crippen MR) is 265 cm³/mol. The van der Waals surface area contributed by atoms with Crippen LogP contribution >= 0.6 is 11.3 Å². The van der Waals surface area contributed by atoms with E-state index in [0.29, 0.717) is 0 Å². The van der Waals surface area contributed by atoms with Crippen molar-refractivity contribution in [2.45, 2.75) is 0 Å². The highest BCUT2D eigenvalue weighted by atomic mass is 32.1. The highest BCUT2D eigenvalue weighted by molar-refractivity contribution is 7.25. The molecular weight excluding hydrogens is 785 g/mol. The SMILES string of the molecule is c1ccc(-n2c3ccccc3c3cc(-c4cccc(-c5ccc6sc7ncc(-c8cccc(-c9ccc%10c(c9)c9ccccc9n%10-c9ccccc9)c8)nc7c6c5)c4)ccc32)cc1. The fourth-order valence-corrected chi connectivity index (χ4v) is 10.6. The maximum absolute atomic E-state index is 5.32. The highest BCUT2D eigenvalue weighted by Gasteiger charge is 2.17. The standard InChI is InChI=1S/C58H36N4S/c1-3-17-44(18-4-1)61-52-23-9-7-21-46(52)48-33-40(25-28-54(48)61)37-13-11-14-38(31-37)42-27-30-56-50(35-42)57-58(63-56)59-36-51(60-57)43-16-12-15-39(32-43)41-26-29-55-49(34-41)47-22-8-10-24-53(47)62(55)45-19-5-2-6-20-45/h1-36H. The van der Waals surface area contributed by atoms with E-state index >= 15 is 0 Å². The quantitative estimate of drug-likeness (QED) is 0.167. The van der Waals surface area contributed by atoms with Crippen LogP contribution in [0.15, 0.2) is 219 Å². The molecule has 5 heteroatoms.